The summed E-state index contributed by atoms with van der Waals surface area (Å²) >= 11 is 1.50. The number of rotatable bonds is 5. The summed E-state index contributed by atoms with van der Waals surface area (Å²) in [5, 5.41) is 12.6. The number of hydrogen-bond donors (Lipinski definition) is 1. The summed E-state index contributed by atoms with van der Waals surface area (Å²) in [5.74, 6) is -0.287. The van der Waals surface area contributed by atoms with E-state index in [2.05, 4.69) is 15.5 Å². The van der Waals surface area contributed by atoms with E-state index in [0.29, 0.717) is 5.89 Å². The predicted molar refractivity (Wildman–Crippen MR) is 101 cm³/mol. The average Bonchev–Trinajstić information content (AvgIpc) is 3.35. The number of hydrogen-bond acceptors (Lipinski definition) is 5. The van der Waals surface area contributed by atoms with Gasteiger partial charge in [-0.3, -0.25) is 10.1 Å². The Morgan fingerprint density at radius 3 is 2.12 bits per heavy atom. The van der Waals surface area contributed by atoms with Crippen LogP contribution < -0.4 is 5.32 Å². The van der Waals surface area contributed by atoms with Gasteiger partial charge in [0.05, 0.1) is 10.8 Å². The molecule has 4 rings (SSSR count). The lowest BCUT2D eigenvalue weighted by atomic mass is 9.90. The molecule has 0 fully saturated rings. The zero-order chi connectivity index (χ0) is 17.8. The molecule has 0 radical (unpaired) electrons. The van der Waals surface area contributed by atoms with Crippen LogP contribution in [0.25, 0.3) is 10.8 Å². The van der Waals surface area contributed by atoms with E-state index in [1.807, 2.05) is 78.2 Å². The van der Waals surface area contributed by atoms with Gasteiger partial charge in [-0.15, -0.1) is 16.4 Å². The van der Waals surface area contributed by atoms with E-state index in [1.54, 1.807) is 0 Å². The fourth-order valence-corrected chi connectivity index (χ4v) is 3.38. The van der Waals surface area contributed by atoms with Gasteiger partial charge >= 0.3 is 6.01 Å². The van der Waals surface area contributed by atoms with Crippen LogP contribution in [0.3, 0.4) is 0 Å². The smallest absolute Gasteiger partial charge is 0.322 e. The Kier molecular flexibility index (Phi) is 4.57. The minimum atomic E-state index is -0.463. The van der Waals surface area contributed by atoms with Crippen molar-refractivity contribution < 1.29 is 9.21 Å². The van der Waals surface area contributed by atoms with Crippen LogP contribution in [0.15, 0.2) is 82.6 Å². The number of amides is 1. The molecule has 0 aliphatic rings. The summed E-state index contributed by atoms with van der Waals surface area (Å²) in [6, 6.07) is 23.1. The Hall–Kier alpha value is -3.25. The molecule has 5 nitrogen and oxygen atoms in total. The molecular weight excluding hydrogens is 346 g/mol. The van der Waals surface area contributed by atoms with Crippen LogP contribution >= 0.6 is 11.3 Å². The van der Waals surface area contributed by atoms with Gasteiger partial charge in [-0.05, 0) is 22.6 Å². The molecule has 0 spiro atoms. The third-order valence-electron chi connectivity index (χ3n) is 3.92. The zero-order valence-corrected chi connectivity index (χ0v) is 14.5. The standard InChI is InChI=1S/C20H15N3O2S/c24-18(21-20-23-22-19(25-20)16-12-7-13-26-16)17(14-8-3-1-4-9-14)15-10-5-2-6-11-15/h1-13,17H,(H,21,23,24). The van der Waals surface area contributed by atoms with Crippen molar-refractivity contribution in [1.82, 2.24) is 10.2 Å². The lowest BCUT2D eigenvalue weighted by Gasteiger charge is -2.16. The van der Waals surface area contributed by atoms with Gasteiger partial charge in [0.1, 0.15) is 0 Å². The summed E-state index contributed by atoms with van der Waals surface area (Å²) in [7, 11) is 0. The normalized spacial score (nSPS) is 10.8. The highest BCUT2D eigenvalue weighted by Crippen LogP contribution is 2.28. The molecule has 0 unspecified atom stereocenters. The molecule has 2 aromatic heterocycles. The highest BCUT2D eigenvalue weighted by atomic mass is 32.1. The number of carbonyl (C=O) groups is 1. The molecule has 0 aliphatic carbocycles. The van der Waals surface area contributed by atoms with Gasteiger partial charge in [0.15, 0.2) is 0 Å². The number of nitrogens with one attached hydrogen (secondary N) is 1. The SMILES string of the molecule is O=C(Nc1nnc(-c2cccs2)o1)C(c1ccccc1)c1ccccc1. The van der Waals surface area contributed by atoms with Gasteiger partial charge < -0.3 is 4.42 Å². The Balaban J connectivity index is 1.61. The third kappa shape index (κ3) is 3.41. The fraction of sp³-hybridized carbons (Fsp3) is 0.0500. The van der Waals surface area contributed by atoms with Crippen LogP contribution in [0.1, 0.15) is 17.0 Å². The second-order valence-electron chi connectivity index (χ2n) is 5.63. The molecule has 1 amide bonds. The molecular formula is C20H15N3O2S. The molecule has 1 N–H and O–H groups in total. The Morgan fingerprint density at radius 2 is 1.54 bits per heavy atom. The van der Waals surface area contributed by atoms with E-state index < -0.39 is 5.92 Å². The van der Waals surface area contributed by atoms with Crippen LogP contribution in [-0.4, -0.2) is 16.1 Å². The molecule has 0 bridgehead atoms. The Bertz CT molecular complexity index is 943. The Labute approximate surface area is 154 Å². The van der Waals surface area contributed by atoms with Crippen molar-refractivity contribution in [3.05, 3.63) is 89.3 Å². The van der Waals surface area contributed by atoms with Gasteiger partial charge in [-0.1, -0.05) is 71.8 Å². The molecule has 4 aromatic rings. The number of carbonyl (C=O) groups excluding carboxylic acids is 1. The zero-order valence-electron chi connectivity index (χ0n) is 13.7. The topological polar surface area (TPSA) is 68.0 Å². The number of nitrogens with zero attached hydrogens (tertiary/aromatic N) is 2. The number of thiophene rings is 1. The van der Waals surface area contributed by atoms with E-state index in [0.717, 1.165) is 16.0 Å². The van der Waals surface area contributed by atoms with Gasteiger partial charge in [-0.2, -0.15) is 0 Å². The first kappa shape index (κ1) is 16.2. The van der Waals surface area contributed by atoms with Crippen molar-refractivity contribution in [2.45, 2.75) is 5.92 Å². The average molecular weight is 361 g/mol. The monoisotopic (exact) mass is 361 g/mol. The fourth-order valence-electron chi connectivity index (χ4n) is 2.74. The number of benzene rings is 2. The second kappa shape index (κ2) is 7.33. The summed E-state index contributed by atoms with van der Waals surface area (Å²) in [4.78, 5) is 13.8. The van der Waals surface area contributed by atoms with Crippen LogP contribution in [0.4, 0.5) is 6.01 Å². The minimum Gasteiger partial charge on any atom is -0.402 e. The maximum absolute atomic E-state index is 13.0. The second-order valence-corrected chi connectivity index (χ2v) is 6.58. The van der Waals surface area contributed by atoms with Crippen molar-refractivity contribution in [2.24, 2.45) is 0 Å². The van der Waals surface area contributed by atoms with Crippen LogP contribution in [0.5, 0.6) is 0 Å². The maximum Gasteiger partial charge on any atom is 0.322 e. The highest BCUT2D eigenvalue weighted by molar-refractivity contribution is 7.13. The van der Waals surface area contributed by atoms with Crippen LogP contribution in [-0.2, 0) is 4.79 Å². The molecule has 2 heterocycles. The van der Waals surface area contributed by atoms with Crippen molar-refractivity contribution >= 4 is 23.3 Å². The van der Waals surface area contributed by atoms with Gasteiger partial charge in [0.2, 0.25) is 5.91 Å². The molecule has 0 aliphatic heterocycles. The van der Waals surface area contributed by atoms with Gasteiger partial charge in [0, 0.05) is 0 Å². The van der Waals surface area contributed by atoms with Crippen molar-refractivity contribution in [1.29, 1.82) is 0 Å². The molecule has 0 saturated carbocycles. The first-order chi connectivity index (χ1) is 12.8. The summed E-state index contributed by atoms with van der Waals surface area (Å²) in [5.41, 5.74) is 1.79. The van der Waals surface area contributed by atoms with Crippen molar-refractivity contribution in [3.63, 3.8) is 0 Å². The van der Waals surface area contributed by atoms with Crippen molar-refractivity contribution in [3.8, 4) is 10.8 Å². The van der Waals surface area contributed by atoms with E-state index in [-0.39, 0.29) is 11.9 Å². The molecule has 26 heavy (non-hydrogen) atoms. The molecule has 0 atom stereocenters. The first-order valence-corrected chi connectivity index (χ1v) is 8.97. The lowest BCUT2D eigenvalue weighted by Crippen LogP contribution is -2.22. The first-order valence-electron chi connectivity index (χ1n) is 8.09. The predicted octanol–water partition coefficient (Wildman–Crippen LogP) is 4.57. The van der Waals surface area contributed by atoms with Gasteiger partial charge in [0.25, 0.3) is 5.89 Å². The molecule has 6 heteroatoms. The van der Waals surface area contributed by atoms with E-state index in [4.69, 9.17) is 4.42 Å². The van der Waals surface area contributed by atoms with E-state index in [1.165, 1.54) is 11.3 Å². The Morgan fingerprint density at radius 1 is 0.885 bits per heavy atom. The molecule has 2 aromatic carbocycles. The number of anilines is 1. The quantitative estimate of drug-likeness (QED) is 0.565. The third-order valence-corrected chi connectivity index (χ3v) is 4.77. The summed E-state index contributed by atoms with van der Waals surface area (Å²) < 4.78 is 5.58. The molecule has 128 valence electrons. The van der Waals surface area contributed by atoms with E-state index >= 15 is 0 Å². The van der Waals surface area contributed by atoms with Gasteiger partial charge in [-0.25, -0.2) is 0 Å². The lowest BCUT2D eigenvalue weighted by molar-refractivity contribution is -0.116. The van der Waals surface area contributed by atoms with Crippen molar-refractivity contribution in [2.75, 3.05) is 5.32 Å². The summed E-state index contributed by atoms with van der Waals surface area (Å²) in [6.45, 7) is 0. The van der Waals surface area contributed by atoms with E-state index in [9.17, 15) is 4.79 Å². The summed E-state index contributed by atoms with van der Waals surface area (Å²) in [6.07, 6.45) is 0. The maximum atomic E-state index is 13.0. The van der Waals surface area contributed by atoms with Crippen LogP contribution in [0, 0.1) is 0 Å². The van der Waals surface area contributed by atoms with Crippen LogP contribution in [0.2, 0.25) is 0 Å². The highest BCUT2D eigenvalue weighted by Gasteiger charge is 2.24. The minimum absolute atomic E-state index is 0.0928. The number of aromatic nitrogens is 2. The largest absolute Gasteiger partial charge is 0.402 e. The molecule has 0 saturated heterocycles.